The van der Waals surface area contributed by atoms with Crippen molar-refractivity contribution in [2.45, 2.75) is 6.61 Å². The summed E-state index contributed by atoms with van der Waals surface area (Å²) in [6.45, 7) is 0.137. The van der Waals surface area contributed by atoms with E-state index in [1.165, 1.54) is 48.7 Å². The average molecular weight is 555 g/mol. The summed E-state index contributed by atoms with van der Waals surface area (Å²) in [6.07, 6.45) is 3.09. The van der Waals surface area contributed by atoms with Gasteiger partial charge in [-0.1, -0.05) is 6.08 Å². The third-order valence-electron chi connectivity index (χ3n) is 5.97. The van der Waals surface area contributed by atoms with E-state index in [0.29, 0.717) is 62.9 Å². The molecule has 0 aliphatic carbocycles. The molecule has 10 heteroatoms. The second-order valence-corrected chi connectivity index (χ2v) is 8.19. The molecular formula is C30H34O10. The molecule has 10 nitrogen and oxygen atoms in total. The number of ether oxygens (including phenoxy) is 9. The number of ketones is 1. The van der Waals surface area contributed by atoms with Crippen LogP contribution in [0.3, 0.4) is 0 Å². The minimum Gasteiger partial charge on any atom is -0.493 e. The van der Waals surface area contributed by atoms with Gasteiger partial charge in [0.05, 0.1) is 56.9 Å². The molecular weight excluding hydrogens is 520 g/mol. The van der Waals surface area contributed by atoms with Gasteiger partial charge in [-0.15, -0.1) is 0 Å². The first kappa shape index (κ1) is 29.8. The van der Waals surface area contributed by atoms with Gasteiger partial charge < -0.3 is 42.6 Å². The van der Waals surface area contributed by atoms with Gasteiger partial charge in [0.2, 0.25) is 17.2 Å². The van der Waals surface area contributed by atoms with E-state index in [0.717, 1.165) is 5.56 Å². The van der Waals surface area contributed by atoms with Crippen LogP contribution in [0.2, 0.25) is 0 Å². The molecule has 3 aromatic rings. The predicted octanol–water partition coefficient (Wildman–Crippen LogP) is 5.23. The molecule has 0 saturated heterocycles. The minimum atomic E-state index is -0.276. The molecule has 0 unspecified atom stereocenters. The molecule has 0 amide bonds. The van der Waals surface area contributed by atoms with Crippen molar-refractivity contribution in [3.05, 3.63) is 59.2 Å². The van der Waals surface area contributed by atoms with Crippen molar-refractivity contribution in [1.29, 1.82) is 0 Å². The van der Waals surface area contributed by atoms with Crippen LogP contribution in [0.4, 0.5) is 0 Å². The minimum absolute atomic E-state index is 0.137. The van der Waals surface area contributed by atoms with Crippen molar-refractivity contribution in [3.63, 3.8) is 0 Å². The lowest BCUT2D eigenvalue weighted by Crippen LogP contribution is -2.04. The van der Waals surface area contributed by atoms with Crippen LogP contribution in [0.15, 0.2) is 42.5 Å². The maximum atomic E-state index is 13.1. The number of carbonyl (C=O) groups is 1. The molecule has 3 aromatic carbocycles. The van der Waals surface area contributed by atoms with Crippen molar-refractivity contribution < 1.29 is 47.4 Å². The molecule has 0 N–H and O–H groups in total. The molecule has 0 aliphatic heterocycles. The number of rotatable bonds is 14. The summed E-state index contributed by atoms with van der Waals surface area (Å²) in [7, 11) is 12.2. The van der Waals surface area contributed by atoms with Gasteiger partial charge in [-0.2, -0.15) is 0 Å². The van der Waals surface area contributed by atoms with E-state index >= 15 is 0 Å². The molecule has 0 atom stereocenters. The summed E-state index contributed by atoms with van der Waals surface area (Å²) in [5.74, 6) is 3.62. The fourth-order valence-corrected chi connectivity index (χ4v) is 4.00. The maximum Gasteiger partial charge on any atom is 0.203 e. The molecule has 0 spiro atoms. The smallest absolute Gasteiger partial charge is 0.203 e. The number of hydrogen-bond acceptors (Lipinski definition) is 10. The summed E-state index contributed by atoms with van der Waals surface area (Å²) in [5.41, 5.74) is 1.79. The number of allylic oxidation sites excluding steroid dienone is 1. The Hall–Kier alpha value is -4.73. The van der Waals surface area contributed by atoms with Crippen molar-refractivity contribution >= 4 is 11.9 Å². The van der Waals surface area contributed by atoms with Crippen molar-refractivity contribution in [1.82, 2.24) is 0 Å². The van der Waals surface area contributed by atoms with E-state index < -0.39 is 0 Å². The van der Waals surface area contributed by atoms with Crippen molar-refractivity contribution in [3.8, 4) is 51.7 Å². The first-order valence-corrected chi connectivity index (χ1v) is 12.1. The molecule has 214 valence electrons. The van der Waals surface area contributed by atoms with Gasteiger partial charge in [0.25, 0.3) is 0 Å². The predicted molar refractivity (Wildman–Crippen MR) is 149 cm³/mol. The third kappa shape index (κ3) is 6.45. The molecule has 0 fully saturated rings. The van der Waals surface area contributed by atoms with Crippen LogP contribution in [0.25, 0.3) is 6.08 Å². The Labute approximate surface area is 233 Å². The van der Waals surface area contributed by atoms with E-state index in [1.54, 1.807) is 56.7 Å². The summed E-state index contributed by atoms with van der Waals surface area (Å²) in [5, 5.41) is 0. The zero-order valence-electron chi connectivity index (χ0n) is 23.9. The van der Waals surface area contributed by atoms with Gasteiger partial charge >= 0.3 is 0 Å². The fourth-order valence-electron chi connectivity index (χ4n) is 4.00. The Bertz CT molecular complexity index is 1290. The Morgan fingerprint density at radius 1 is 0.550 bits per heavy atom. The molecule has 0 heterocycles. The molecule has 0 aromatic heterocycles. The van der Waals surface area contributed by atoms with Crippen LogP contribution in [0.5, 0.6) is 51.7 Å². The molecule has 0 aliphatic rings. The Balaban J connectivity index is 1.89. The monoisotopic (exact) mass is 554 g/mol. The van der Waals surface area contributed by atoms with Gasteiger partial charge in [-0.3, -0.25) is 4.79 Å². The quantitative estimate of drug-likeness (QED) is 0.195. The van der Waals surface area contributed by atoms with Crippen molar-refractivity contribution in [2.75, 3.05) is 56.9 Å². The first-order valence-electron chi connectivity index (χ1n) is 12.1. The highest BCUT2D eigenvalue weighted by Crippen LogP contribution is 2.42. The average Bonchev–Trinajstić information content (AvgIpc) is 3.00. The lowest BCUT2D eigenvalue weighted by Gasteiger charge is -2.17. The van der Waals surface area contributed by atoms with Gasteiger partial charge in [-0.05, 0) is 53.6 Å². The van der Waals surface area contributed by atoms with Crippen LogP contribution in [-0.4, -0.2) is 62.7 Å². The highest BCUT2D eigenvalue weighted by Gasteiger charge is 2.19. The number of carbonyl (C=O) groups excluding carboxylic acids is 1. The zero-order chi connectivity index (χ0) is 29.2. The normalized spacial score (nSPS) is 10.6. The summed E-state index contributed by atoms with van der Waals surface area (Å²) in [6, 6.07) is 10.2. The Kier molecular flexibility index (Phi) is 10.4. The summed E-state index contributed by atoms with van der Waals surface area (Å²) in [4.78, 5) is 13.1. The number of hydrogen-bond donors (Lipinski definition) is 0. The molecule has 0 saturated carbocycles. The lowest BCUT2D eigenvalue weighted by molar-refractivity contribution is 0.104. The van der Waals surface area contributed by atoms with E-state index in [1.807, 2.05) is 0 Å². The highest BCUT2D eigenvalue weighted by atomic mass is 16.5. The number of benzene rings is 3. The second-order valence-electron chi connectivity index (χ2n) is 8.19. The lowest BCUT2D eigenvalue weighted by atomic mass is 10.1. The van der Waals surface area contributed by atoms with Crippen LogP contribution in [-0.2, 0) is 6.61 Å². The SMILES string of the molecule is COc1cc(/C=C/C(=O)c2cc(OC)c(OCc3cc(OC)c(OC)c(OC)c3)c(OC)c2)cc(OC)c1OC. The first-order chi connectivity index (χ1) is 19.4. The van der Waals surface area contributed by atoms with Crippen LogP contribution in [0.1, 0.15) is 21.5 Å². The molecule has 3 rings (SSSR count). The standard InChI is InChI=1S/C30H34O10/c1-32-22-11-18(12-23(33-2)28(22)38-7)9-10-21(31)20-15-26(36-5)30(27(16-20)37-6)40-17-19-13-24(34-3)29(39-8)25(14-19)35-4/h9-16H,17H2,1-8H3/b10-9+. The van der Waals surface area contributed by atoms with Crippen LogP contribution < -0.4 is 42.6 Å². The Morgan fingerprint density at radius 3 is 1.35 bits per heavy atom. The highest BCUT2D eigenvalue weighted by molar-refractivity contribution is 6.07. The van der Waals surface area contributed by atoms with Gasteiger partial charge in [0.15, 0.2) is 40.3 Å². The van der Waals surface area contributed by atoms with Crippen LogP contribution >= 0.6 is 0 Å². The van der Waals surface area contributed by atoms with E-state index in [4.69, 9.17) is 42.6 Å². The van der Waals surface area contributed by atoms with Gasteiger partial charge in [0, 0.05) is 5.56 Å². The van der Waals surface area contributed by atoms with Gasteiger partial charge in [-0.25, -0.2) is 0 Å². The fraction of sp³-hybridized carbons (Fsp3) is 0.300. The topological polar surface area (TPSA) is 100 Å². The summed E-state index contributed by atoms with van der Waals surface area (Å²) < 4.78 is 49.5. The second kappa shape index (κ2) is 13.9. The van der Waals surface area contributed by atoms with Gasteiger partial charge in [0.1, 0.15) is 6.61 Å². The van der Waals surface area contributed by atoms with E-state index in [9.17, 15) is 4.79 Å². The maximum absolute atomic E-state index is 13.1. The zero-order valence-corrected chi connectivity index (χ0v) is 23.9. The molecule has 0 radical (unpaired) electrons. The molecule has 40 heavy (non-hydrogen) atoms. The van der Waals surface area contributed by atoms with E-state index in [2.05, 4.69) is 0 Å². The summed E-state index contributed by atoms with van der Waals surface area (Å²) >= 11 is 0. The van der Waals surface area contributed by atoms with E-state index in [-0.39, 0.29) is 12.4 Å². The Morgan fingerprint density at radius 2 is 0.950 bits per heavy atom. The van der Waals surface area contributed by atoms with Crippen molar-refractivity contribution in [2.24, 2.45) is 0 Å². The van der Waals surface area contributed by atoms with Crippen LogP contribution in [0, 0.1) is 0 Å². The largest absolute Gasteiger partial charge is 0.493 e. The molecule has 0 bridgehead atoms. The number of methoxy groups -OCH3 is 8. The third-order valence-corrected chi connectivity index (χ3v) is 5.97.